The molecule has 0 saturated carbocycles. The standard InChI is InChI=1S/C17H25NO4/c1-10(2)7-15(19)16(20)18-14(17(21)22)9-13-6-5-11(3)12(4)8-13/h5-6,8,10,14-15,19H,7,9H2,1-4H3,(H,18,20)(H,21,22)/t14-,15-/m1/s1. The summed E-state index contributed by atoms with van der Waals surface area (Å²) in [5.74, 6) is -1.59. The first kappa shape index (κ1) is 18.2. The number of carboxylic acid groups (broad SMARTS) is 1. The number of amides is 1. The van der Waals surface area contributed by atoms with Gasteiger partial charge < -0.3 is 15.5 Å². The van der Waals surface area contributed by atoms with Gasteiger partial charge in [-0.15, -0.1) is 0 Å². The molecule has 0 aliphatic carbocycles. The van der Waals surface area contributed by atoms with Gasteiger partial charge in [0.15, 0.2) is 0 Å². The van der Waals surface area contributed by atoms with Crippen LogP contribution in [0, 0.1) is 19.8 Å². The lowest BCUT2D eigenvalue weighted by Crippen LogP contribution is -2.46. The van der Waals surface area contributed by atoms with Gasteiger partial charge in [-0.05, 0) is 42.9 Å². The third-order valence-corrected chi connectivity index (χ3v) is 3.62. The minimum absolute atomic E-state index is 0.156. The molecule has 0 aliphatic heterocycles. The van der Waals surface area contributed by atoms with Gasteiger partial charge in [-0.2, -0.15) is 0 Å². The summed E-state index contributed by atoms with van der Waals surface area (Å²) in [6.45, 7) is 7.72. The Bertz CT molecular complexity index is 539. The molecule has 0 heterocycles. The maximum Gasteiger partial charge on any atom is 0.326 e. The number of hydrogen-bond acceptors (Lipinski definition) is 3. The first-order valence-electron chi connectivity index (χ1n) is 7.48. The van der Waals surface area contributed by atoms with E-state index in [0.717, 1.165) is 16.7 Å². The molecule has 0 aromatic heterocycles. The molecule has 22 heavy (non-hydrogen) atoms. The Kier molecular flexibility index (Phi) is 6.56. The van der Waals surface area contributed by atoms with Gasteiger partial charge in [-0.1, -0.05) is 32.0 Å². The zero-order valence-electron chi connectivity index (χ0n) is 13.6. The Morgan fingerprint density at radius 1 is 1.18 bits per heavy atom. The van der Waals surface area contributed by atoms with Crippen LogP contribution in [0.15, 0.2) is 18.2 Å². The van der Waals surface area contributed by atoms with Gasteiger partial charge in [-0.25, -0.2) is 4.79 Å². The Morgan fingerprint density at radius 3 is 2.32 bits per heavy atom. The average molecular weight is 307 g/mol. The van der Waals surface area contributed by atoms with Crippen molar-refractivity contribution in [1.82, 2.24) is 5.32 Å². The van der Waals surface area contributed by atoms with Crippen LogP contribution >= 0.6 is 0 Å². The number of carboxylic acids is 1. The Morgan fingerprint density at radius 2 is 1.82 bits per heavy atom. The predicted octanol–water partition coefficient (Wildman–Crippen LogP) is 1.82. The van der Waals surface area contributed by atoms with E-state index in [9.17, 15) is 19.8 Å². The summed E-state index contributed by atoms with van der Waals surface area (Å²) >= 11 is 0. The van der Waals surface area contributed by atoms with Gasteiger partial charge in [0, 0.05) is 6.42 Å². The lowest BCUT2D eigenvalue weighted by molar-refractivity contribution is -0.143. The number of benzene rings is 1. The van der Waals surface area contributed by atoms with Crippen molar-refractivity contribution in [2.75, 3.05) is 0 Å². The zero-order valence-corrected chi connectivity index (χ0v) is 13.6. The number of nitrogens with one attached hydrogen (secondary N) is 1. The summed E-state index contributed by atoms with van der Waals surface area (Å²) in [7, 11) is 0. The van der Waals surface area contributed by atoms with E-state index in [-0.39, 0.29) is 12.3 Å². The molecule has 122 valence electrons. The molecular formula is C17H25NO4. The Labute approximate surface area is 131 Å². The summed E-state index contributed by atoms with van der Waals surface area (Å²) in [5.41, 5.74) is 3.05. The van der Waals surface area contributed by atoms with E-state index in [1.54, 1.807) is 0 Å². The SMILES string of the molecule is Cc1ccc(C[C@@H](NC(=O)[C@H](O)CC(C)C)C(=O)O)cc1C. The second kappa shape index (κ2) is 7.94. The quantitative estimate of drug-likeness (QED) is 0.717. The highest BCUT2D eigenvalue weighted by atomic mass is 16.4. The van der Waals surface area contributed by atoms with E-state index in [0.29, 0.717) is 6.42 Å². The summed E-state index contributed by atoms with van der Waals surface area (Å²) < 4.78 is 0. The van der Waals surface area contributed by atoms with Crippen LogP contribution in [0.4, 0.5) is 0 Å². The Balaban J connectivity index is 2.75. The smallest absolute Gasteiger partial charge is 0.326 e. The van der Waals surface area contributed by atoms with E-state index in [1.165, 1.54) is 0 Å². The predicted molar refractivity (Wildman–Crippen MR) is 84.6 cm³/mol. The molecule has 0 unspecified atom stereocenters. The van der Waals surface area contributed by atoms with Crippen molar-refractivity contribution in [3.63, 3.8) is 0 Å². The summed E-state index contributed by atoms with van der Waals surface area (Å²) in [6, 6.07) is 4.66. The van der Waals surface area contributed by atoms with E-state index < -0.39 is 24.0 Å². The van der Waals surface area contributed by atoms with Crippen LogP contribution in [-0.2, 0) is 16.0 Å². The monoisotopic (exact) mass is 307 g/mol. The fraction of sp³-hybridized carbons (Fsp3) is 0.529. The van der Waals surface area contributed by atoms with Crippen molar-refractivity contribution in [2.45, 2.75) is 52.7 Å². The molecular weight excluding hydrogens is 282 g/mol. The van der Waals surface area contributed by atoms with Crippen LogP contribution < -0.4 is 5.32 Å². The van der Waals surface area contributed by atoms with Gasteiger partial charge in [0.25, 0.3) is 0 Å². The number of aliphatic carboxylic acids is 1. The number of aliphatic hydroxyl groups is 1. The van der Waals surface area contributed by atoms with Crippen molar-refractivity contribution in [3.05, 3.63) is 34.9 Å². The molecule has 0 spiro atoms. The zero-order chi connectivity index (χ0) is 16.9. The first-order valence-corrected chi connectivity index (χ1v) is 7.48. The van der Waals surface area contributed by atoms with Crippen LogP contribution in [-0.4, -0.2) is 34.2 Å². The highest BCUT2D eigenvalue weighted by Gasteiger charge is 2.24. The number of aryl methyl sites for hydroxylation is 2. The van der Waals surface area contributed by atoms with Gasteiger partial charge in [0.2, 0.25) is 5.91 Å². The molecule has 1 aromatic rings. The van der Waals surface area contributed by atoms with Gasteiger partial charge in [0.05, 0.1) is 0 Å². The number of carbonyl (C=O) groups is 2. The second-order valence-corrected chi connectivity index (χ2v) is 6.17. The summed E-state index contributed by atoms with van der Waals surface area (Å²) in [5, 5.41) is 21.5. The number of carbonyl (C=O) groups excluding carboxylic acids is 1. The molecule has 0 saturated heterocycles. The van der Waals surface area contributed by atoms with Crippen molar-refractivity contribution in [3.8, 4) is 0 Å². The normalized spacial score (nSPS) is 13.7. The van der Waals surface area contributed by atoms with Crippen LogP contribution in [0.2, 0.25) is 0 Å². The largest absolute Gasteiger partial charge is 0.480 e. The molecule has 0 radical (unpaired) electrons. The van der Waals surface area contributed by atoms with Crippen LogP contribution in [0.25, 0.3) is 0 Å². The molecule has 1 rings (SSSR count). The van der Waals surface area contributed by atoms with E-state index >= 15 is 0 Å². The lowest BCUT2D eigenvalue weighted by atomic mass is 10.00. The molecule has 0 bridgehead atoms. The molecule has 0 fully saturated rings. The lowest BCUT2D eigenvalue weighted by Gasteiger charge is -2.18. The molecule has 1 aromatic carbocycles. The van der Waals surface area contributed by atoms with Gasteiger partial charge in [0.1, 0.15) is 12.1 Å². The Hall–Kier alpha value is -1.88. The van der Waals surface area contributed by atoms with Gasteiger partial charge >= 0.3 is 5.97 Å². The van der Waals surface area contributed by atoms with Crippen molar-refractivity contribution in [1.29, 1.82) is 0 Å². The van der Waals surface area contributed by atoms with Crippen molar-refractivity contribution >= 4 is 11.9 Å². The molecule has 3 N–H and O–H groups in total. The molecule has 5 nitrogen and oxygen atoms in total. The number of rotatable bonds is 7. The average Bonchev–Trinajstić information content (AvgIpc) is 2.41. The maximum absolute atomic E-state index is 11.9. The van der Waals surface area contributed by atoms with E-state index in [4.69, 9.17) is 0 Å². The van der Waals surface area contributed by atoms with E-state index in [2.05, 4.69) is 5.32 Å². The molecule has 2 atom stereocenters. The van der Waals surface area contributed by atoms with Crippen molar-refractivity contribution in [2.24, 2.45) is 5.92 Å². The van der Waals surface area contributed by atoms with Gasteiger partial charge in [-0.3, -0.25) is 4.79 Å². The highest BCUT2D eigenvalue weighted by molar-refractivity contribution is 5.86. The minimum Gasteiger partial charge on any atom is -0.480 e. The third kappa shape index (κ3) is 5.48. The van der Waals surface area contributed by atoms with E-state index in [1.807, 2.05) is 45.9 Å². The molecule has 0 aliphatic rings. The second-order valence-electron chi connectivity index (χ2n) is 6.17. The molecule has 1 amide bonds. The maximum atomic E-state index is 11.9. The van der Waals surface area contributed by atoms with Crippen LogP contribution in [0.1, 0.15) is 37.0 Å². The highest BCUT2D eigenvalue weighted by Crippen LogP contribution is 2.12. The van der Waals surface area contributed by atoms with Crippen LogP contribution in [0.5, 0.6) is 0 Å². The van der Waals surface area contributed by atoms with Crippen LogP contribution in [0.3, 0.4) is 0 Å². The summed E-state index contributed by atoms with van der Waals surface area (Å²) in [6.07, 6.45) is -0.681. The first-order chi connectivity index (χ1) is 10.2. The fourth-order valence-corrected chi connectivity index (χ4v) is 2.19. The third-order valence-electron chi connectivity index (χ3n) is 3.62. The fourth-order valence-electron chi connectivity index (χ4n) is 2.19. The number of hydrogen-bond donors (Lipinski definition) is 3. The summed E-state index contributed by atoms with van der Waals surface area (Å²) in [4.78, 5) is 23.2. The topological polar surface area (TPSA) is 86.6 Å². The minimum atomic E-state index is -1.18. The van der Waals surface area contributed by atoms with Crippen molar-refractivity contribution < 1.29 is 19.8 Å². The molecule has 5 heteroatoms. The number of aliphatic hydroxyl groups excluding tert-OH is 1.